The first-order valence-corrected chi connectivity index (χ1v) is 12.0. The molecule has 1 heterocycles. The topological polar surface area (TPSA) is 98.1 Å². The van der Waals surface area contributed by atoms with Crippen LogP contribution in [-0.4, -0.2) is 39.4 Å². The van der Waals surface area contributed by atoms with Crippen molar-refractivity contribution in [1.29, 1.82) is 0 Å². The molecule has 9 heteroatoms. The molecule has 0 unspecified atom stereocenters. The molecule has 3 rings (SSSR count). The Hall–Kier alpha value is -3.33. The summed E-state index contributed by atoms with van der Waals surface area (Å²) in [7, 11) is 3.41. The van der Waals surface area contributed by atoms with Gasteiger partial charge in [-0.3, -0.25) is 9.59 Å². The van der Waals surface area contributed by atoms with E-state index in [-0.39, 0.29) is 29.5 Å². The van der Waals surface area contributed by atoms with Crippen LogP contribution in [0.15, 0.2) is 47.6 Å². The zero-order chi connectivity index (χ0) is 24.8. The maximum absolute atomic E-state index is 12.8. The fraction of sp³-hybridized carbons (Fsp3) is 0.360. The van der Waals surface area contributed by atoms with Gasteiger partial charge in [0.25, 0.3) is 5.91 Å². The number of carbonyl (C=O) groups excluding carboxylic acids is 2. The average molecular weight is 482 g/mol. The Bertz CT molecular complexity index is 1180. The third-order valence-corrected chi connectivity index (χ3v) is 6.36. The van der Waals surface area contributed by atoms with Crippen molar-refractivity contribution in [3.8, 4) is 5.75 Å². The summed E-state index contributed by atoms with van der Waals surface area (Å²) < 4.78 is 7.15. The van der Waals surface area contributed by atoms with Crippen molar-refractivity contribution >= 4 is 29.3 Å². The van der Waals surface area contributed by atoms with E-state index in [1.807, 2.05) is 75.7 Å². The third-order valence-electron chi connectivity index (χ3n) is 5.34. The van der Waals surface area contributed by atoms with Crippen LogP contribution in [0.4, 0.5) is 5.69 Å². The molecule has 0 saturated carbocycles. The van der Waals surface area contributed by atoms with Gasteiger partial charge < -0.3 is 19.9 Å². The van der Waals surface area contributed by atoms with Gasteiger partial charge in [0.15, 0.2) is 11.0 Å². The molecule has 0 aliphatic heterocycles. The summed E-state index contributed by atoms with van der Waals surface area (Å²) in [5.41, 5.74) is 3.28. The molecule has 0 aliphatic carbocycles. The van der Waals surface area contributed by atoms with Crippen LogP contribution in [-0.2, 0) is 11.8 Å². The summed E-state index contributed by atoms with van der Waals surface area (Å²) in [6.45, 7) is 7.94. The first-order chi connectivity index (χ1) is 16.2. The highest BCUT2D eigenvalue weighted by Crippen LogP contribution is 2.27. The average Bonchev–Trinajstić information content (AvgIpc) is 3.15. The van der Waals surface area contributed by atoms with E-state index in [1.54, 1.807) is 13.2 Å². The van der Waals surface area contributed by atoms with Crippen LogP contribution in [0.1, 0.15) is 47.2 Å². The van der Waals surface area contributed by atoms with Crippen molar-refractivity contribution in [2.24, 2.45) is 13.0 Å². The van der Waals surface area contributed by atoms with Gasteiger partial charge in [0, 0.05) is 12.6 Å². The number of amides is 2. The second-order valence-electron chi connectivity index (χ2n) is 8.51. The lowest BCUT2D eigenvalue weighted by molar-refractivity contribution is -0.113. The number of hydrogen-bond acceptors (Lipinski definition) is 6. The first kappa shape index (κ1) is 25.3. The number of rotatable bonds is 9. The van der Waals surface area contributed by atoms with Gasteiger partial charge in [0.05, 0.1) is 24.6 Å². The Morgan fingerprint density at radius 3 is 2.50 bits per heavy atom. The molecule has 1 aromatic heterocycles. The quantitative estimate of drug-likeness (QED) is 0.442. The molecular formula is C25H31N5O3S. The molecule has 180 valence electrons. The molecular weight excluding hydrogens is 450 g/mol. The maximum atomic E-state index is 12.8. The molecule has 34 heavy (non-hydrogen) atoms. The highest BCUT2D eigenvalue weighted by molar-refractivity contribution is 7.99. The molecule has 0 spiro atoms. The standard InChI is InChI=1S/C25H31N5O3S/c1-15(2)22(27-24(32)18-9-7-8-16(3)12-18)23-28-29-25(30(23)5)34-14-21(31)26-19-13-17(4)10-11-20(19)33-6/h7-13,15,22H,14H2,1-6H3,(H,26,31)(H,27,32)/t22-/m0/s1. The summed E-state index contributed by atoms with van der Waals surface area (Å²) in [5.74, 6) is 1.16. The Morgan fingerprint density at radius 2 is 1.82 bits per heavy atom. The minimum Gasteiger partial charge on any atom is -0.495 e. The Kier molecular flexibility index (Phi) is 8.33. The minimum absolute atomic E-state index is 0.0894. The summed E-state index contributed by atoms with van der Waals surface area (Å²) in [6, 6.07) is 12.7. The van der Waals surface area contributed by atoms with Crippen molar-refractivity contribution in [3.63, 3.8) is 0 Å². The molecule has 1 atom stereocenters. The second kappa shape index (κ2) is 11.2. The number of thioether (sulfide) groups is 1. The van der Waals surface area contributed by atoms with Gasteiger partial charge in [-0.05, 0) is 49.6 Å². The molecule has 0 fully saturated rings. The van der Waals surface area contributed by atoms with Crippen LogP contribution in [0.5, 0.6) is 5.75 Å². The Morgan fingerprint density at radius 1 is 1.09 bits per heavy atom. The van der Waals surface area contributed by atoms with Crippen LogP contribution in [0.3, 0.4) is 0 Å². The SMILES string of the molecule is COc1ccc(C)cc1NC(=O)CSc1nnc([C@@H](NC(=O)c2cccc(C)c2)C(C)C)n1C. The van der Waals surface area contributed by atoms with Gasteiger partial charge >= 0.3 is 0 Å². The lowest BCUT2D eigenvalue weighted by atomic mass is 10.0. The summed E-state index contributed by atoms with van der Waals surface area (Å²) in [4.78, 5) is 25.4. The smallest absolute Gasteiger partial charge is 0.251 e. The van der Waals surface area contributed by atoms with E-state index in [2.05, 4.69) is 20.8 Å². The number of anilines is 1. The van der Waals surface area contributed by atoms with Crippen LogP contribution in [0.2, 0.25) is 0 Å². The Labute approximate surface area is 204 Å². The molecule has 0 aliphatic rings. The summed E-state index contributed by atoms with van der Waals surface area (Å²) in [5, 5.41) is 15.2. The maximum Gasteiger partial charge on any atom is 0.251 e. The predicted molar refractivity (Wildman–Crippen MR) is 134 cm³/mol. The lowest BCUT2D eigenvalue weighted by Crippen LogP contribution is -2.33. The highest BCUT2D eigenvalue weighted by atomic mass is 32.2. The zero-order valence-electron chi connectivity index (χ0n) is 20.4. The van der Waals surface area contributed by atoms with Crippen LogP contribution >= 0.6 is 11.8 Å². The van der Waals surface area contributed by atoms with Gasteiger partial charge in [0.2, 0.25) is 5.91 Å². The van der Waals surface area contributed by atoms with Gasteiger partial charge in [0.1, 0.15) is 5.75 Å². The summed E-state index contributed by atoms with van der Waals surface area (Å²) >= 11 is 1.28. The van der Waals surface area contributed by atoms with Crippen molar-refractivity contribution in [2.45, 2.75) is 38.9 Å². The van der Waals surface area contributed by atoms with Gasteiger partial charge in [-0.2, -0.15) is 0 Å². The van der Waals surface area contributed by atoms with E-state index < -0.39 is 0 Å². The molecule has 8 nitrogen and oxygen atoms in total. The van der Waals surface area contributed by atoms with Gasteiger partial charge in [-0.15, -0.1) is 10.2 Å². The Balaban J connectivity index is 1.68. The highest BCUT2D eigenvalue weighted by Gasteiger charge is 2.25. The van der Waals surface area contributed by atoms with E-state index in [9.17, 15) is 9.59 Å². The largest absolute Gasteiger partial charge is 0.495 e. The molecule has 0 radical (unpaired) electrons. The lowest BCUT2D eigenvalue weighted by Gasteiger charge is -2.22. The monoisotopic (exact) mass is 481 g/mol. The molecule has 2 amide bonds. The van der Waals surface area contributed by atoms with Crippen LogP contribution in [0.25, 0.3) is 0 Å². The number of ether oxygens (including phenoxy) is 1. The molecule has 0 saturated heterocycles. The number of aromatic nitrogens is 3. The minimum atomic E-state index is -0.328. The van der Waals surface area contributed by atoms with Crippen LogP contribution < -0.4 is 15.4 Å². The van der Waals surface area contributed by atoms with E-state index in [1.165, 1.54) is 11.8 Å². The van der Waals surface area contributed by atoms with Crippen molar-refractivity contribution in [2.75, 3.05) is 18.2 Å². The number of nitrogens with zero attached hydrogens (tertiary/aromatic N) is 3. The first-order valence-electron chi connectivity index (χ1n) is 11.0. The number of hydrogen-bond donors (Lipinski definition) is 2. The fourth-order valence-electron chi connectivity index (χ4n) is 3.50. The predicted octanol–water partition coefficient (Wildman–Crippen LogP) is 4.30. The van der Waals surface area contributed by atoms with E-state index in [4.69, 9.17) is 4.74 Å². The molecule has 2 N–H and O–H groups in total. The van der Waals surface area contributed by atoms with E-state index >= 15 is 0 Å². The third kappa shape index (κ3) is 6.17. The zero-order valence-corrected chi connectivity index (χ0v) is 21.2. The summed E-state index contributed by atoms with van der Waals surface area (Å²) in [6.07, 6.45) is 0. The fourth-order valence-corrected chi connectivity index (χ4v) is 4.22. The molecule has 0 bridgehead atoms. The number of carbonyl (C=O) groups is 2. The van der Waals surface area contributed by atoms with Crippen molar-refractivity contribution in [3.05, 3.63) is 65.0 Å². The van der Waals surface area contributed by atoms with Gasteiger partial charge in [-0.1, -0.05) is 49.4 Å². The number of methoxy groups -OCH3 is 1. The number of aryl methyl sites for hydroxylation is 2. The number of nitrogens with one attached hydrogen (secondary N) is 2. The van der Waals surface area contributed by atoms with Gasteiger partial charge in [-0.25, -0.2) is 0 Å². The van der Waals surface area contributed by atoms with Crippen LogP contribution in [0, 0.1) is 19.8 Å². The van der Waals surface area contributed by atoms with E-state index in [0.29, 0.717) is 28.0 Å². The van der Waals surface area contributed by atoms with Crippen molar-refractivity contribution < 1.29 is 14.3 Å². The second-order valence-corrected chi connectivity index (χ2v) is 9.45. The molecule has 3 aromatic rings. The molecule has 2 aromatic carbocycles. The van der Waals surface area contributed by atoms with E-state index in [0.717, 1.165) is 11.1 Å². The number of benzene rings is 2. The normalized spacial score (nSPS) is 11.9. The van der Waals surface area contributed by atoms with Crippen molar-refractivity contribution in [1.82, 2.24) is 20.1 Å².